The molecule has 0 aliphatic carbocycles. The molecule has 9 saturated heterocycles. The maximum absolute atomic E-state index is 13.4. The van der Waals surface area contributed by atoms with Gasteiger partial charge in [0.25, 0.3) is 0 Å². The van der Waals surface area contributed by atoms with Gasteiger partial charge in [0.2, 0.25) is 17.7 Å². The zero-order valence-electron chi connectivity index (χ0n) is 65.7. The van der Waals surface area contributed by atoms with E-state index in [1.165, 1.54) is 52.7 Å². The number of aliphatic carboxylic acids is 3. The molecule has 636 valence electrons. The number of carbonyl (C=O) groups excluding carboxylic acids is 6. The topological polar surface area (TPSA) is 510 Å². The summed E-state index contributed by atoms with van der Waals surface area (Å²) in [6, 6.07) is 24.5. The number of amides is 9. The number of ether oxygens (including phenoxy) is 9. The molecule has 12 unspecified atom stereocenters. The Morgan fingerprint density at radius 3 is 0.926 bits per heavy atom. The monoisotopic (exact) mass is 1670 g/mol. The average molecular weight is 1670 g/mol. The smallest absolute Gasteiger partial charge is 0.326 e. The van der Waals surface area contributed by atoms with Crippen LogP contribution in [-0.4, -0.2) is 255 Å². The van der Waals surface area contributed by atoms with E-state index in [1.807, 2.05) is 91.0 Å². The quantitative estimate of drug-likeness (QED) is 0.0408. The van der Waals surface area contributed by atoms with Gasteiger partial charge in [-0.25, -0.2) is 73.6 Å². The highest BCUT2D eigenvalue weighted by atomic mass is 16.8. The van der Waals surface area contributed by atoms with E-state index in [2.05, 4.69) is 76.8 Å². The molecule has 42 nitrogen and oxygen atoms in total. The van der Waals surface area contributed by atoms with Crippen LogP contribution in [0.4, 0.5) is 31.8 Å². The van der Waals surface area contributed by atoms with Crippen molar-refractivity contribution in [3.05, 3.63) is 146 Å². The molecule has 0 radical (unpaired) electrons. The van der Waals surface area contributed by atoms with Gasteiger partial charge in [0.05, 0.1) is 56.6 Å². The number of urea groups is 3. The third-order valence-electron chi connectivity index (χ3n) is 22.3. The largest absolute Gasteiger partial charge is 0.480 e. The molecule has 9 aliphatic rings. The van der Waals surface area contributed by atoms with Gasteiger partial charge >= 0.3 is 36.0 Å². The highest BCUT2D eigenvalue weighted by Crippen LogP contribution is 2.50. The second-order valence-electron chi connectivity index (χ2n) is 29.8. The molecule has 18 rings (SSSR count). The number of hydrogen-bond acceptors (Lipinski definition) is 27. The minimum atomic E-state index is -1.01. The SMILES string of the molecule is CCNC(=O)Nc1ncnc2c1ncn2C1OC(CC(=O)N2CCCC[C@H]2C(=O)O)C2O[C@H](c3ccccc3)OC21.CCNC(=O)Nc1ncnc2c1ncn2C1OC(CC(=O)N2CCC[C@H]2C(=O)O)C2O[C@H](c3ccccc3)OC21.CCNC(=O)Nc1ncnc2c1ncn2C1OC(CC(=O)N2CCC[C@H]2C(=O)O)C2O[C@H](c3ccccc3)OC21. The molecule has 3 aromatic carbocycles. The van der Waals surface area contributed by atoms with E-state index in [0.717, 1.165) is 29.5 Å². The van der Waals surface area contributed by atoms with E-state index in [4.69, 9.17) is 42.6 Å². The first-order valence-electron chi connectivity index (χ1n) is 40.1. The van der Waals surface area contributed by atoms with Crippen LogP contribution in [0.5, 0.6) is 0 Å². The zero-order valence-corrected chi connectivity index (χ0v) is 65.7. The van der Waals surface area contributed by atoms with Gasteiger partial charge < -0.3 is 88.6 Å². The molecule has 9 amide bonds. The lowest BCUT2D eigenvalue weighted by Crippen LogP contribution is -2.49. The van der Waals surface area contributed by atoms with Crippen LogP contribution in [0, 0.1) is 0 Å². The van der Waals surface area contributed by atoms with E-state index in [1.54, 1.807) is 34.5 Å². The number of piperidine rings is 1. The Bertz CT molecular complexity index is 5070. The summed E-state index contributed by atoms with van der Waals surface area (Å²) in [4.78, 5) is 155. The van der Waals surface area contributed by atoms with Crippen molar-refractivity contribution in [2.24, 2.45) is 0 Å². The van der Waals surface area contributed by atoms with Crippen LogP contribution in [0.3, 0.4) is 0 Å². The normalized spacial score (nSPS) is 27.5. The van der Waals surface area contributed by atoms with Gasteiger partial charge in [-0.05, 0) is 65.7 Å². The van der Waals surface area contributed by atoms with Gasteiger partial charge in [0.15, 0.2) is 88.5 Å². The second kappa shape index (κ2) is 36.3. The molecular weight excluding hydrogens is 1580 g/mol. The Morgan fingerprint density at radius 2 is 0.636 bits per heavy atom. The Morgan fingerprint density at radius 1 is 0.355 bits per heavy atom. The van der Waals surface area contributed by atoms with Gasteiger partial charge in [-0.2, -0.15) is 0 Å². The van der Waals surface area contributed by atoms with Crippen LogP contribution in [0.25, 0.3) is 33.5 Å². The number of nitrogens with one attached hydrogen (secondary N) is 6. The van der Waals surface area contributed by atoms with Crippen LogP contribution in [-0.2, 0) is 71.4 Å². The minimum absolute atomic E-state index is 0.0715. The molecule has 9 aromatic rings. The van der Waals surface area contributed by atoms with Crippen molar-refractivity contribution < 1.29 is 101 Å². The third kappa shape index (κ3) is 17.1. The summed E-state index contributed by atoms with van der Waals surface area (Å²) in [5.74, 6) is -3.27. The van der Waals surface area contributed by atoms with Crippen molar-refractivity contribution >= 4 is 105 Å². The number of rotatable bonds is 21. The molecule has 0 spiro atoms. The number of anilines is 3. The summed E-state index contributed by atoms with van der Waals surface area (Å²) in [6.45, 7) is 7.89. The van der Waals surface area contributed by atoms with Crippen LogP contribution in [0.2, 0.25) is 0 Å². The van der Waals surface area contributed by atoms with Crippen molar-refractivity contribution in [3.8, 4) is 0 Å². The first kappa shape index (κ1) is 82.3. The van der Waals surface area contributed by atoms with Gasteiger partial charge in [0, 0.05) is 56.0 Å². The highest BCUT2D eigenvalue weighted by molar-refractivity contribution is 5.98. The Labute approximate surface area is 688 Å². The molecule has 9 N–H and O–H groups in total. The van der Waals surface area contributed by atoms with Crippen molar-refractivity contribution in [3.63, 3.8) is 0 Å². The Kier molecular flexibility index (Phi) is 24.7. The number of carboxylic acid groups (broad SMARTS) is 3. The average Bonchev–Trinajstić information content (AvgIpc) is 1.60. The lowest BCUT2D eigenvalue weighted by Gasteiger charge is -2.34. The first-order valence-corrected chi connectivity index (χ1v) is 40.1. The van der Waals surface area contributed by atoms with Crippen LogP contribution < -0.4 is 31.9 Å². The molecule has 18 atom stereocenters. The fourth-order valence-corrected chi connectivity index (χ4v) is 16.8. The number of imidazole rings is 3. The maximum Gasteiger partial charge on any atom is 0.326 e. The van der Waals surface area contributed by atoms with Gasteiger partial charge in [-0.15, -0.1) is 0 Å². The van der Waals surface area contributed by atoms with Gasteiger partial charge in [-0.1, -0.05) is 91.0 Å². The number of hydrogen-bond donors (Lipinski definition) is 9. The molecular formula is C79H89N21O21. The van der Waals surface area contributed by atoms with Gasteiger partial charge in [0.1, 0.15) is 73.7 Å². The number of likely N-dealkylation sites (tertiary alicyclic amines) is 3. The van der Waals surface area contributed by atoms with Crippen molar-refractivity contribution in [1.29, 1.82) is 0 Å². The molecule has 9 fully saturated rings. The molecule has 121 heavy (non-hydrogen) atoms. The predicted octanol–water partition coefficient (Wildman–Crippen LogP) is 5.83. The van der Waals surface area contributed by atoms with Crippen LogP contribution in [0.1, 0.15) is 139 Å². The highest BCUT2D eigenvalue weighted by Gasteiger charge is 2.59. The van der Waals surface area contributed by atoms with Crippen LogP contribution >= 0.6 is 0 Å². The molecule has 0 saturated carbocycles. The van der Waals surface area contributed by atoms with E-state index < -0.39 is 147 Å². The number of nitrogens with zero attached hydrogens (tertiary/aromatic N) is 15. The lowest BCUT2D eigenvalue weighted by molar-refractivity contribution is -0.161. The molecule has 42 heteroatoms. The summed E-state index contributed by atoms with van der Waals surface area (Å²) >= 11 is 0. The van der Waals surface area contributed by atoms with Crippen molar-refractivity contribution in [2.75, 3.05) is 55.2 Å². The van der Waals surface area contributed by atoms with E-state index in [-0.39, 0.29) is 54.4 Å². The Balaban J connectivity index is 0.000000135. The number of fused-ring (bicyclic) bond motifs is 6. The number of carbonyl (C=O) groups is 9. The fraction of sp³-hybridized carbons (Fsp3) is 0.468. The summed E-state index contributed by atoms with van der Waals surface area (Å²) in [6.07, 6.45) is 2.15. The van der Waals surface area contributed by atoms with E-state index in [9.17, 15) is 58.5 Å². The second-order valence-corrected chi connectivity index (χ2v) is 29.8. The van der Waals surface area contributed by atoms with E-state index >= 15 is 0 Å². The first-order chi connectivity index (χ1) is 58.8. The summed E-state index contributed by atoms with van der Waals surface area (Å²) in [5, 5.41) is 44.8. The molecule has 9 aliphatic heterocycles. The fourth-order valence-electron chi connectivity index (χ4n) is 16.8. The van der Waals surface area contributed by atoms with E-state index in [0.29, 0.717) is 105 Å². The standard InChI is InChI=1S/C27H31N7O7.2C26H29N7O7/c1-2-28-27(38)32-22-19-23(30-13-29-22)34(14-31-19)24-21-20(40-26(41-21)15-8-4-3-5-9-15)17(39-24)12-18(35)33-11-7-6-10-16(33)25(36)37;2*1-2-27-26(37)31-21-18-22(29-12-28-21)33(13-30-18)23-20-19(39-25(40-20)14-7-4-3-5-8-14)16(38-23)11-17(34)32-10-6-9-15(32)24(35)36/h3-5,8-9,13-14,16-17,20-21,24,26H,2,6-7,10-12H2,1H3,(H,36,37)(H2,28,29,30,32,38);2*3-5,7-8,12-13,15-16,19-20,23,25H,2,6,9-11H2,1H3,(H,35,36)(H2,27,28,29,31,37)/t16-,17?,20?,21?,24?,26-;2*15-,16?,19?,20?,23?,25-/m000/s1. The summed E-state index contributed by atoms with van der Waals surface area (Å²) < 4.78 is 62.1. The maximum atomic E-state index is 13.4. The zero-order chi connectivity index (χ0) is 84.1. The molecule has 0 bridgehead atoms. The minimum Gasteiger partial charge on any atom is -0.480 e. The summed E-state index contributed by atoms with van der Waals surface area (Å²) in [5.41, 5.74) is 4.71. The molecule has 6 aromatic heterocycles. The lowest BCUT2D eigenvalue weighted by atomic mass is 10.0. The third-order valence-corrected chi connectivity index (χ3v) is 22.3. The van der Waals surface area contributed by atoms with Crippen molar-refractivity contribution in [2.45, 2.75) is 196 Å². The van der Waals surface area contributed by atoms with Crippen LogP contribution in [0.15, 0.2) is 129 Å². The van der Waals surface area contributed by atoms with Crippen molar-refractivity contribution in [1.82, 2.24) is 89.2 Å². The Hall–Kier alpha value is -12.4. The number of benzene rings is 3. The summed E-state index contributed by atoms with van der Waals surface area (Å²) in [7, 11) is 0. The number of carboxylic acids is 3. The molecule has 15 heterocycles. The number of aromatic nitrogens is 12. The predicted molar refractivity (Wildman–Crippen MR) is 418 cm³/mol. The van der Waals surface area contributed by atoms with Gasteiger partial charge in [-0.3, -0.25) is 44.0 Å².